The summed E-state index contributed by atoms with van der Waals surface area (Å²) in [5.74, 6) is -1.35. The fraction of sp³-hybridized carbons (Fsp3) is 0.130. The molecular formula is C23H16BrClN2O3. The Bertz CT molecular complexity index is 1140. The molecule has 2 aliphatic heterocycles. The fourth-order valence-corrected chi connectivity index (χ4v) is 4.71. The smallest absolute Gasteiger partial charge is 0.266 e. The van der Waals surface area contributed by atoms with Gasteiger partial charge in [-0.25, -0.2) is 9.96 Å². The predicted molar refractivity (Wildman–Crippen MR) is 118 cm³/mol. The first-order valence-corrected chi connectivity index (χ1v) is 10.6. The monoisotopic (exact) mass is 482 g/mol. The number of imide groups is 1. The highest BCUT2D eigenvalue weighted by Crippen LogP contribution is 2.47. The van der Waals surface area contributed by atoms with Crippen molar-refractivity contribution >= 4 is 50.7 Å². The molecule has 0 radical (unpaired) electrons. The van der Waals surface area contributed by atoms with Gasteiger partial charge in [0.1, 0.15) is 5.92 Å². The lowest BCUT2D eigenvalue weighted by Crippen LogP contribution is -2.37. The van der Waals surface area contributed by atoms with E-state index < -0.39 is 18.1 Å². The second kappa shape index (κ2) is 7.54. The summed E-state index contributed by atoms with van der Waals surface area (Å²) in [5.41, 5.74) is 2.12. The van der Waals surface area contributed by atoms with Crippen LogP contribution in [-0.2, 0) is 14.4 Å². The second-order valence-corrected chi connectivity index (χ2v) is 8.56. The molecule has 0 aliphatic carbocycles. The Morgan fingerprint density at radius 2 is 1.57 bits per heavy atom. The van der Waals surface area contributed by atoms with Crippen LogP contribution in [0.1, 0.15) is 11.6 Å². The lowest BCUT2D eigenvalue weighted by atomic mass is 9.90. The quantitative estimate of drug-likeness (QED) is 0.483. The normalized spacial score (nSPS) is 23.2. The van der Waals surface area contributed by atoms with Gasteiger partial charge in [-0.2, -0.15) is 0 Å². The highest BCUT2D eigenvalue weighted by molar-refractivity contribution is 9.10. The molecule has 7 heteroatoms. The Kier molecular flexibility index (Phi) is 4.85. The summed E-state index contributed by atoms with van der Waals surface area (Å²) < 4.78 is 0.889. The second-order valence-electron chi connectivity index (χ2n) is 7.20. The van der Waals surface area contributed by atoms with Gasteiger partial charge in [0.2, 0.25) is 5.91 Å². The number of hydrogen-bond acceptors (Lipinski definition) is 4. The molecule has 3 aromatic rings. The van der Waals surface area contributed by atoms with E-state index in [1.807, 2.05) is 54.6 Å². The third kappa shape index (κ3) is 3.12. The van der Waals surface area contributed by atoms with Gasteiger partial charge in [0.15, 0.2) is 6.10 Å². The summed E-state index contributed by atoms with van der Waals surface area (Å²) in [5, 5.41) is 2.14. The molecule has 2 fully saturated rings. The van der Waals surface area contributed by atoms with Crippen LogP contribution in [-0.4, -0.2) is 17.9 Å². The van der Waals surface area contributed by atoms with E-state index in [9.17, 15) is 9.59 Å². The number of benzene rings is 3. The van der Waals surface area contributed by atoms with Crippen LogP contribution in [0.2, 0.25) is 5.02 Å². The highest BCUT2D eigenvalue weighted by atomic mass is 79.9. The maximum Gasteiger partial charge on any atom is 0.266 e. The molecule has 0 unspecified atom stereocenters. The van der Waals surface area contributed by atoms with Gasteiger partial charge in [-0.1, -0.05) is 63.9 Å². The van der Waals surface area contributed by atoms with Crippen molar-refractivity contribution < 1.29 is 14.4 Å². The Morgan fingerprint density at radius 3 is 2.30 bits per heavy atom. The third-order valence-electron chi connectivity index (χ3n) is 5.38. The van der Waals surface area contributed by atoms with Crippen molar-refractivity contribution in [2.75, 3.05) is 9.96 Å². The minimum atomic E-state index is -0.902. The van der Waals surface area contributed by atoms with Crippen molar-refractivity contribution in [2.24, 2.45) is 5.92 Å². The molecule has 5 nitrogen and oxygen atoms in total. The standard InChI is InChI=1S/C23H16BrClN2O3/c24-15-7-4-6-14(12-15)20-19-21(30-27(20)17-9-2-1-3-10-17)23(29)26(22(19)28)18-11-5-8-16(25)13-18/h1-13,19-21H/t19-,20-,21+/m0/s1. The van der Waals surface area contributed by atoms with Crippen LogP contribution in [0.5, 0.6) is 0 Å². The van der Waals surface area contributed by atoms with Gasteiger partial charge in [0.25, 0.3) is 5.91 Å². The number of carbonyl (C=O) groups excluding carboxylic acids is 2. The first-order valence-electron chi connectivity index (χ1n) is 9.44. The van der Waals surface area contributed by atoms with Gasteiger partial charge in [0, 0.05) is 9.50 Å². The molecule has 2 saturated heterocycles. The van der Waals surface area contributed by atoms with Gasteiger partial charge in [0.05, 0.1) is 17.4 Å². The number of carbonyl (C=O) groups is 2. The summed E-state index contributed by atoms with van der Waals surface area (Å²) in [4.78, 5) is 34.0. The summed E-state index contributed by atoms with van der Waals surface area (Å²) in [6, 6.07) is 23.5. The maximum absolute atomic E-state index is 13.5. The van der Waals surface area contributed by atoms with Crippen molar-refractivity contribution in [2.45, 2.75) is 12.1 Å². The first kappa shape index (κ1) is 19.3. The summed E-state index contributed by atoms with van der Waals surface area (Å²) in [6.07, 6.45) is -0.902. The zero-order valence-corrected chi connectivity index (χ0v) is 18.0. The number of hydrogen-bond donors (Lipinski definition) is 0. The summed E-state index contributed by atoms with van der Waals surface area (Å²) >= 11 is 9.60. The van der Waals surface area contributed by atoms with Crippen LogP contribution < -0.4 is 9.96 Å². The van der Waals surface area contributed by atoms with Crippen LogP contribution in [0.3, 0.4) is 0 Å². The van der Waals surface area contributed by atoms with E-state index in [0.717, 1.165) is 15.7 Å². The molecule has 0 spiro atoms. The molecule has 3 aromatic carbocycles. The molecule has 5 rings (SSSR count). The van der Waals surface area contributed by atoms with Crippen LogP contribution in [0.4, 0.5) is 11.4 Å². The van der Waals surface area contributed by atoms with Crippen molar-refractivity contribution in [3.63, 3.8) is 0 Å². The molecule has 2 amide bonds. The average Bonchev–Trinajstić information content (AvgIpc) is 3.25. The minimum Gasteiger partial charge on any atom is -0.273 e. The van der Waals surface area contributed by atoms with E-state index in [1.165, 1.54) is 4.90 Å². The van der Waals surface area contributed by atoms with E-state index in [0.29, 0.717) is 10.7 Å². The SMILES string of the molecule is O=C1[C@@H]2[C@@H](ON(c3ccccc3)[C@H]2c2cccc(Br)c2)C(=O)N1c1cccc(Cl)c1. The van der Waals surface area contributed by atoms with Crippen LogP contribution in [0.25, 0.3) is 0 Å². The molecule has 2 heterocycles. The number of halogens is 2. The first-order chi connectivity index (χ1) is 14.5. The van der Waals surface area contributed by atoms with E-state index in [2.05, 4.69) is 15.9 Å². The van der Waals surface area contributed by atoms with E-state index in [1.54, 1.807) is 29.3 Å². The maximum atomic E-state index is 13.5. The number of anilines is 2. The number of para-hydroxylation sites is 1. The topological polar surface area (TPSA) is 49.9 Å². The molecule has 0 bridgehead atoms. The largest absolute Gasteiger partial charge is 0.273 e. The molecule has 0 saturated carbocycles. The van der Waals surface area contributed by atoms with E-state index in [-0.39, 0.29) is 11.8 Å². The highest BCUT2D eigenvalue weighted by Gasteiger charge is 2.60. The average molecular weight is 484 g/mol. The Hall–Kier alpha value is -2.67. The number of hydroxylamine groups is 1. The fourth-order valence-electron chi connectivity index (χ4n) is 4.11. The Labute approximate surface area is 186 Å². The van der Waals surface area contributed by atoms with Crippen molar-refractivity contribution in [1.82, 2.24) is 0 Å². The minimum absolute atomic E-state index is 0.296. The molecule has 30 heavy (non-hydrogen) atoms. The molecule has 0 aromatic heterocycles. The molecular weight excluding hydrogens is 468 g/mol. The zero-order valence-electron chi connectivity index (χ0n) is 15.6. The third-order valence-corrected chi connectivity index (χ3v) is 6.11. The van der Waals surface area contributed by atoms with Gasteiger partial charge in [-0.15, -0.1) is 0 Å². The Morgan fingerprint density at radius 1 is 0.833 bits per heavy atom. The zero-order chi connectivity index (χ0) is 20.8. The van der Waals surface area contributed by atoms with Gasteiger partial charge >= 0.3 is 0 Å². The van der Waals surface area contributed by atoms with Crippen LogP contribution in [0, 0.1) is 5.92 Å². The van der Waals surface area contributed by atoms with Crippen LogP contribution >= 0.6 is 27.5 Å². The van der Waals surface area contributed by atoms with E-state index >= 15 is 0 Å². The van der Waals surface area contributed by atoms with Crippen molar-refractivity contribution in [3.8, 4) is 0 Å². The lowest BCUT2D eigenvalue weighted by molar-refractivity contribution is -0.126. The van der Waals surface area contributed by atoms with Gasteiger partial charge < -0.3 is 0 Å². The van der Waals surface area contributed by atoms with Gasteiger partial charge in [-0.3, -0.25) is 14.4 Å². The number of amides is 2. The number of rotatable bonds is 3. The molecule has 2 aliphatic rings. The van der Waals surface area contributed by atoms with E-state index in [4.69, 9.17) is 16.4 Å². The summed E-state index contributed by atoms with van der Waals surface area (Å²) in [7, 11) is 0. The van der Waals surface area contributed by atoms with Crippen molar-refractivity contribution in [3.05, 3.63) is 93.9 Å². The number of nitrogens with zero attached hydrogens (tertiary/aromatic N) is 2. The van der Waals surface area contributed by atoms with Crippen molar-refractivity contribution in [1.29, 1.82) is 0 Å². The molecule has 3 atom stereocenters. The van der Waals surface area contributed by atoms with Gasteiger partial charge in [-0.05, 0) is 48.0 Å². The molecule has 0 N–H and O–H groups in total. The van der Waals surface area contributed by atoms with Crippen LogP contribution in [0.15, 0.2) is 83.3 Å². The lowest BCUT2D eigenvalue weighted by Gasteiger charge is -2.28. The predicted octanol–water partition coefficient (Wildman–Crippen LogP) is 5.15. The Balaban J connectivity index is 1.60. The summed E-state index contributed by atoms with van der Waals surface area (Å²) in [6.45, 7) is 0. The number of fused-ring (bicyclic) bond motifs is 1. The molecule has 150 valence electrons.